The van der Waals surface area contributed by atoms with Crippen LogP contribution < -0.4 is 15.5 Å². The number of nitrogens with one attached hydrogen (secondary N) is 2. The van der Waals surface area contributed by atoms with E-state index in [1.165, 1.54) is 6.20 Å². The molecule has 7 rings (SSSR count). The van der Waals surface area contributed by atoms with E-state index in [2.05, 4.69) is 25.5 Å². The number of rotatable bonds is 10. The minimum Gasteiger partial charge on any atom is -0.444 e. The Bertz CT molecular complexity index is 1810. The average Bonchev–Trinajstić information content (AvgIpc) is 3.69. The first-order valence-electron chi connectivity index (χ1n) is 20.0. The first-order valence-corrected chi connectivity index (χ1v) is 20.0. The number of alkyl halides is 2. The van der Waals surface area contributed by atoms with Gasteiger partial charge in [0.1, 0.15) is 11.6 Å². The number of anilines is 2. The molecule has 2 aromatic rings. The highest BCUT2D eigenvalue weighted by atomic mass is 19.3. The molecule has 2 N–H and O–H groups in total. The molecule has 1 atom stereocenters. The lowest BCUT2D eigenvalue weighted by molar-refractivity contribution is -0.136. The second-order valence-electron chi connectivity index (χ2n) is 16.9. The van der Waals surface area contributed by atoms with Crippen LogP contribution in [0, 0.1) is 11.8 Å². The summed E-state index contributed by atoms with van der Waals surface area (Å²) < 4.78 is 40.8. The number of fused-ring (bicyclic) bond motifs is 1. The van der Waals surface area contributed by atoms with Crippen LogP contribution in [0.2, 0.25) is 0 Å². The van der Waals surface area contributed by atoms with E-state index in [0.29, 0.717) is 35.3 Å². The predicted molar refractivity (Wildman–Crippen MR) is 202 cm³/mol. The van der Waals surface area contributed by atoms with Gasteiger partial charge in [-0.25, -0.2) is 13.6 Å². The summed E-state index contributed by atoms with van der Waals surface area (Å²) in [6.07, 6.45) is 5.69. The van der Waals surface area contributed by atoms with Crippen LogP contribution in [-0.2, 0) is 19.1 Å². The standard InChI is InChI=1S/C40H53F2N7O7/c1-40(2,3)56-39(54)43-29-22-48(45-34(29)35(41)42)26-9-7-24(8-10-26)21-46-17-15-27(16-18-46)55-23-25-13-19-47(20-14-25)30-6-4-5-28-33(30)38(53)49(37(28)52)31-11-12-32(50)44-36(31)51/h4-6,22,24-27,31,35H,7-21,23H2,1-3H3,(H,43,54)(H,44,50,51)/t24-,26-,31?. The van der Waals surface area contributed by atoms with Gasteiger partial charge < -0.3 is 19.3 Å². The summed E-state index contributed by atoms with van der Waals surface area (Å²) in [5.41, 5.74) is 0.134. The van der Waals surface area contributed by atoms with Gasteiger partial charge in [-0.1, -0.05) is 6.07 Å². The van der Waals surface area contributed by atoms with Crippen molar-refractivity contribution in [2.24, 2.45) is 11.8 Å². The molecule has 14 nitrogen and oxygen atoms in total. The molecule has 0 radical (unpaired) electrons. The van der Waals surface area contributed by atoms with Gasteiger partial charge in [0.25, 0.3) is 18.2 Å². The molecule has 5 amide bonds. The summed E-state index contributed by atoms with van der Waals surface area (Å²) in [5.74, 6) is -1.07. The molecule has 1 saturated carbocycles. The molecule has 4 aliphatic heterocycles. The number of imide groups is 2. The van der Waals surface area contributed by atoms with Gasteiger partial charge in [0, 0.05) is 51.9 Å². The number of benzene rings is 1. The molecule has 16 heteroatoms. The number of hydrogen-bond acceptors (Lipinski definition) is 10. The van der Waals surface area contributed by atoms with Crippen LogP contribution in [0.5, 0.6) is 0 Å². The monoisotopic (exact) mass is 781 g/mol. The van der Waals surface area contributed by atoms with Gasteiger partial charge in [-0.3, -0.25) is 39.4 Å². The van der Waals surface area contributed by atoms with Crippen molar-refractivity contribution < 1.29 is 42.2 Å². The number of hydrogen-bond donors (Lipinski definition) is 2. The van der Waals surface area contributed by atoms with Crippen molar-refractivity contribution in [3.63, 3.8) is 0 Å². The minimum absolute atomic E-state index is 0.000478. The molecule has 0 spiro atoms. The zero-order valence-electron chi connectivity index (χ0n) is 32.4. The van der Waals surface area contributed by atoms with Crippen molar-refractivity contribution in [2.75, 3.05) is 49.5 Å². The van der Waals surface area contributed by atoms with E-state index >= 15 is 0 Å². The van der Waals surface area contributed by atoms with Gasteiger partial charge in [-0.2, -0.15) is 5.10 Å². The minimum atomic E-state index is -2.82. The molecule has 1 aromatic carbocycles. The molecule has 1 aliphatic carbocycles. The molecule has 304 valence electrons. The van der Waals surface area contributed by atoms with Crippen molar-refractivity contribution in [1.29, 1.82) is 0 Å². The van der Waals surface area contributed by atoms with Gasteiger partial charge >= 0.3 is 6.09 Å². The fraction of sp³-hybridized carbons (Fsp3) is 0.650. The Kier molecular flexibility index (Phi) is 11.8. The number of piperidine rings is 3. The zero-order valence-corrected chi connectivity index (χ0v) is 32.4. The van der Waals surface area contributed by atoms with E-state index in [9.17, 15) is 32.8 Å². The SMILES string of the molecule is CC(C)(C)OC(=O)Nc1cn([C@H]2CC[C@H](CN3CCC(OCC4CCN(c5cccc6c5C(=O)N(C5CCC(=O)NC5=O)C6=O)CC4)CC3)CC2)nc1C(F)F. The first kappa shape index (κ1) is 39.8. The van der Waals surface area contributed by atoms with Crippen molar-refractivity contribution in [3.8, 4) is 0 Å². The quantitative estimate of drug-likeness (QED) is 0.287. The number of carbonyl (C=O) groups is 5. The van der Waals surface area contributed by atoms with Gasteiger partial charge in [0.05, 0.1) is 34.6 Å². The van der Waals surface area contributed by atoms with E-state index in [4.69, 9.17) is 9.47 Å². The van der Waals surface area contributed by atoms with Crippen molar-refractivity contribution in [3.05, 3.63) is 41.2 Å². The number of halogens is 2. The fourth-order valence-corrected chi connectivity index (χ4v) is 8.85. The Morgan fingerprint density at radius 1 is 0.929 bits per heavy atom. The third-order valence-corrected chi connectivity index (χ3v) is 11.8. The highest BCUT2D eigenvalue weighted by molar-refractivity contribution is 6.25. The van der Waals surface area contributed by atoms with Crippen LogP contribution >= 0.6 is 0 Å². The van der Waals surface area contributed by atoms with Crippen LogP contribution in [0.3, 0.4) is 0 Å². The van der Waals surface area contributed by atoms with Crippen molar-refractivity contribution in [2.45, 2.75) is 115 Å². The van der Waals surface area contributed by atoms with E-state index in [0.717, 1.165) is 89.0 Å². The summed E-state index contributed by atoms with van der Waals surface area (Å²) in [5, 5.41) is 8.87. The number of carbonyl (C=O) groups excluding carboxylic acids is 5. The lowest BCUT2D eigenvalue weighted by Gasteiger charge is -2.38. The lowest BCUT2D eigenvalue weighted by atomic mass is 9.85. The van der Waals surface area contributed by atoms with Crippen LogP contribution in [-0.4, -0.2) is 106 Å². The van der Waals surface area contributed by atoms with Crippen LogP contribution in [0.15, 0.2) is 24.4 Å². The number of nitrogens with zero attached hydrogens (tertiary/aromatic N) is 5. The second kappa shape index (κ2) is 16.6. The summed E-state index contributed by atoms with van der Waals surface area (Å²) in [6.45, 7) is 10.2. The van der Waals surface area contributed by atoms with Gasteiger partial charge in [0.2, 0.25) is 11.8 Å². The van der Waals surface area contributed by atoms with Gasteiger partial charge in [-0.05, 0) is 103 Å². The predicted octanol–water partition coefficient (Wildman–Crippen LogP) is 5.70. The molecule has 1 unspecified atom stereocenters. The molecular weight excluding hydrogens is 728 g/mol. The number of amides is 5. The molecule has 5 aliphatic rings. The third kappa shape index (κ3) is 8.90. The molecule has 4 fully saturated rings. The topological polar surface area (TPSA) is 155 Å². The van der Waals surface area contributed by atoms with Crippen LogP contribution in [0.25, 0.3) is 0 Å². The molecule has 3 saturated heterocycles. The largest absolute Gasteiger partial charge is 0.444 e. The number of ether oxygens (including phenoxy) is 2. The highest BCUT2D eigenvalue weighted by Crippen LogP contribution is 2.38. The molecule has 56 heavy (non-hydrogen) atoms. The van der Waals surface area contributed by atoms with E-state index in [1.54, 1.807) is 37.6 Å². The third-order valence-electron chi connectivity index (χ3n) is 11.8. The summed E-state index contributed by atoms with van der Waals surface area (Å²) in [4.78, 5) is 69.0. The molecule has 5 heterocycles. The Morgan fingerprint density at radius 2 is 1.64 bits per heavy atom. The van der Waals surface area contributed by atoms with E-state index < -0.39 is 53.5 Å². The summed E-state index contributed by atoms with van der Waals surface area (Å²) in [6, 6.07) is 4.28. The maximum absolute atomic E-state index is 13.8. The van der Waals surface area contributed by atoms with Gasteiger partial charge in [0.15, 0.2) is 5.69 Å². The fourth-order valence-electron chi connectivity index (χ4n) is 8.85. The van der Waals surface area contributed by atoms with Gasteiger partial charge in [-0.15, -0.1) is 0 Å². The first-order chi connectivity index (χ1) is 26.7. The van der Waals surface area contributed by atoms with E-state index in [-0.39, 0.29) is 30.7 Å². The van der Waals surface area contributed by atoms with E-state index in [1.807, 2.05) is 6.07 Å². The number of likely N-dealkylation sites (tertiary alicyclic amines) is 1. The average molecular weight is 782 g/mol. The molecule has 0 bridgehead atoms. The maximum Gasteiger partial charge on any atom is 0.412 e. The highest BCUT2D eigenvalue weighted by Gasteiger charge is 2.46. The normalized spacial score (nSPS) is 24.5. The molecule has 1 aromatic heterocycles. The number of aromatic nitrogens is 2. The Hall–Kier alpha value is -4.44. The summed E-state index contributed by atoms with van der Waals surface area (Å²) >= 11 is 0. The molecular formula is C40H53F2N7O7. The van der Waals surface area contributed by atoms with Crippen LogP contribution in [0.4, 0.5) is 25.0 Å². The second-order valence-corrected chi connectivity index (χ2v) is 16.9. The van der Waals surface area contributed by atoms with Crippen molar-refractivity contribution in [1.82, 2.24) is 24.9 Å². The smallest absolute Gasteiger partial charge is 0.412 e. The Labute approximate surface area is 325 Å². The zero-order chi connectivity index (χ0) is 39.7. The Balaban J connectivity index is 0.822. The van der Waals surface area contributed by atoms with Crippen LogP contribution in [0.1, 0.15) is 124 Å². The maximum atomic E-state index is 13.8. The summed E-state index contributed by atoms with van der Waals surface area (Å²) in [7, 11) is 0. The Morgan fingerprint density at radius 3 is 2.30 bits per heavy atom. The van der Waals surface area contributed by atoms with Crippen molar-refractivity contribution >= 4 is 41.1 Å². The lowest BCUT2D eigenvalue weighted by Crippen LogP contribution is -2.54.